The molecule has 0 atom stereocenters. The minimum atomic E-state index is -0.166. The van der Waals surface area contributed by atoms with Crippen LogP contribution in [0.1, 0.15) is 11.3 Å². The summed E-state index contributed by atoms with van der Waals surface area (Å²) in [5.74, 6) is 0.561. The molecule has 3 aromatic rings. The van der Waals surface area contributed by atoms with Gasteiger partial charge in [0.05, 0.1) is 17.8 Å². The minimum Gasteiger partial charge on any atom is -0.484 e. The quantitative estimate of drug-likeness (QED) is 0.786. The zero-order chi connectivity index (χ0) is 15.4. The van der Waals surface area contributed by atoms with Crippen molar-refractivity contribution in [3.63, 3.8) is 0 Å². The number of carbonyl (C=O) groups is 1. The van der Waals surface area contributed by atoms with Gasteiger partial charge in [-0.25, -0.2) is 4.52 Å². The van der Waals surface area contributed by atoms with Gasteiger partial charge in [0.25, 0.3) is 5.91 Å². The smallest absolute Gasteiger partial charge is 0.258 e. The summed E-state index contributed by atoms with van der Waals surface area (Å²) in [6.45, 7) is 2.33. The van der Waals surface area contributed by atoms with Crippen molar-refractivity contribution in [1.29, 1.82) is 0 Å². The van der Waals surface area contributed by atoms with Crippen molar-refractivity contribution in [2.75, 3.05) is 6.61 Å². The molecule has 1 N–H and O–H groups in total. The number of benzene rings is 1. The summed E-state index contributed by atoms with van der Waals surface area (Å²) in [5.41, 5.74) is 2.83. The number of nitrogens with zero attached hydrogens (tertiary/aromatic N) is 2. The summed E-state index contributed by atoms with van der Waals surface area (Å²) in [5, 5.41) is 7.19. The van der Waals surface area contributed by atoms with Crippen LogP contribution in [0.25, 0.3) is 5.52 Å². The van der Waals surface area contributed by atoms with E-state index in [1.165, 1.54) is 0 Å². The Morgan fingerprint density at radius 2 is 2.05 bits per heavy atom. The second-order valence-electron chi connectivity index (χ2n) is 5.04. The minimum absolute atomic E-state index is 0.00176. The van der Waals surface area contributed by atoms with Crippen LogP contribution in [0.4, 0.5) is 0 Å². The lowest BCUT2D eigenvalue weighted by Gasteiger charge is -2.08. The van der Waals surface area contributed by atoms with Gasteiger partial charge in [-0.3, -0.25) is 4.79 Å². The molecule has 5 heteroatoms. The molecule has 0 spiro atoms. The number of pyridine rings is 1. The molecule has 22 heavy (non-hydrogen) atoms. The van der Waals surface area contributed by atoms with Gasteiger partial charge in [-0.05, 0) is 36.8 Å². The first kappa shape index (κ1) is 14.1. The second kappa shape index (κ2) is 6.30. The second-order valence-corrected chi connectivity index (χ2v) is 5.04. The molecule has 3 rings (SSSR count). The van der Waals surface area contributed by atoms with Crippen LogP contribution < -0.4 is 10.1 Å². The first-order valence-electron chi connectivity index (χ1n) is 7.11. The van der Waals surface area contributed by atoms with Gasteiger partial charge in [-0.2, -0.15) is 5.10 Å². The Morgan fingerprint density at radius 3 is 2.86 bits per heavy atom. The predicted octanol–water partition coefficient (Wildman–Crippen LogP) is 2.34. The van der Waals surface area contributed by atoms with Gasteiger partial charge in [-0.15, -0.1) is 0 Å². The number of nitrogens with one attached hydrogen (secondary N) is 1. The van der Waals surface area contributed by atoms with Gasteiger partial charge in [0.15, 0.2) is 6.61 Å². The van der Waals surface area contributed by atoms with Crippen LogP contribution in [0.15, 0.2) is 54.7 Å². The molecule has 1 aromatic carbocycles. The normalized spacial score (nSPS) is 10.6. The molecule has 0 aliphatic carbocycles. The van der Waals surface area contributed by atoms with Gasteiger partial charge < -0.3 is 10.1 Å². The standard InChI is InChI=1S/C17H17N3O2/c1-13-6-2-3-8-16(13)22-12-17(21)18-11-14-10-15-7-4-5-9-20(15)19-14/h2-10H,11-12H2,1H3,(H,18,21). The third-order valence-corrected chi connectivity index (χ3v) is 3.34. The number of fused-ring (bicyclic) bond motifs is 1. The van der Waals surface area contributed by atoms with Crippen molar-refractivity contribution in [1.82, 2.24) is 14.9 Å². The molecule has 0 bridgehead atoms. The third kappa shape index (κ3) is 3.25. The maximum Gasteiger partial charge on any atom is 0.258 e. The van der Waals surface area contributed by atoms with Crippen molar-refractivity contribution >= 4 is 11.4 Å². The maximum absolute atomic E-state index is 11.8. The molecule has 0 aliphatic heterocycles. The van der Waals surface area contributed by atoms with E-state index in [0.29, 0.717) is 6.54 Å². The Bertz CT molecular complexity index is 762. The van der Waals surface area contributed by atoms with Crippen molar-refractivity contribution in [2.24, 2.45) is 0 Å². The van der Waals surface area contributed by atoms with Crippen LogP contribution in [-0.2, 0) is 11.3 Å². The molecule has 0 radical (unpaired) electrons. The fourth-order valence-corrected chi connectivity index (χ4v) is 2.18. The van der Waals surface area contributed by atoms with E-state index in [-0.39, 0.29) is 12.5 Å². The zero-order valence-corrected chi connectivity index (χ0v) is 12.3. The molecular weight excluding hydrogens is 278 g/mol. The Labute approximate surface area is 128 Å². The number of aryl methyl sites for hydroxylation is 1. The van der Waals surface area contributed by atoms with Crippen molar-refractivity contribution in [3.05, 3.63) is 66.0 Å². The number of ether oxygens (including phenoxy) is 1. The van der Waals surface area contributed by atoms with E-state index in [0.717, 1.165) is 22.5 Å². The summed E-state index contributed by atoms with van der Waals surface area (Å²) in [6, 6.07) is 15.4. The third-order valence-electron chi connectivity index (χ3n) is 3.34. The Hall–Kier alpha value is -2.82. The molecule has 0 fully saturated rings. The Balaban J connectivity index is 1.53. The van der Waals surface area contributed by atoms with Crippen molar-refractivity contribution in [3.8, 4) is 5.75 Å². The van der Waals surface area contributed by atoms with Crippen molar-refractivity contribution in [2.45, 2.75) is 13.5 Å². The van der Waals surface area contributed by atoms with Crippen LogP contribution in [-0.4, -0.2) is 22.1 Å². The lowest BCUT2D eigenvalue weighted by atomic mass is 10.2. The number of carbonyl (C=O) groups excluding carboxylic acids is 1. The number of amides is 1. The molecule has 0 unspecified atom stereocenters. The van der Waals surface area contributed by atoms with E-state index < -0.39 is 0 Å². The van der Waals surface area contributed by atoms with Crippen LogP contribution >= 0.6 is 0 Å². The lowest BCUT2D eigenvalue weighted by molar-refractivity contribution is -0.123. The Kier molecular flexibility index (Phi) is 4.05. The first-order valence-corrected chi connectivity index (χ1v) is 7.11. The van der Waals surface area contributed by atoms with E-state index >= 15 is 0 Å². The van der Waals surface area contributed by atoms with Gasteiger partial charge in [0.1, 0.15) is 5.75 Å². The zero-order valence-electron chi connectivity index (χ0n) is 12.3. The molecule has 0 aliphatic rings. The summed E-state index contributed by atoms with van der Waals surface area (Å²) in [7, 11) is 0. The van der Waals surface area contributed by atoms with Gasteiger partial charge >= 0.3 is 0 Å². The topological polar surface area (TPSA) is 55.6 Å². The summed E-state index contributed by atoms with van der Waals surface area (Å²) < 4.78 is 7.29. The molecule has 2 aromatic heterocycles. The molecule has 5 nitrogen and oxygen atoms in total. The number of hydrogen-bond donors (Lipinski definition) is 1. The highest BCUT2D eigenvalue weighted by Gasteiger charge is 2.06. The van der Waals surface area contributed by atoms with E-state index in [1.54, 1.807) is 4.52 Å². The average Bonchev–Trinajstić information content (AvgIpc) is 2.95. The van der Waals surface area contributed by atoms with E-state index in [4.69, 9.17) is 4.74 Å². The summed E-state index contributed by atoms with van der Waals surface area (Å²) >= 11 is 0. The summed E-state index contributed by atoms with van der Waals surface area (Å²) in [6.07, 6.45) is 1.88. The predicted molar refractivity (Wildman–Crippen MR) is 83.7 cm³/mol. The monoisotopic (exact) mass is 295 g/mol. The number of aromatic nitrogens is 2. The van der Waals surface area contributed by atoms with Crippen LogP contribution in [0.3, 0.4) is 0 Å². The van der Waals surface area contributed by atoms with Crippen LogP contribution in [0.5, 0.6) is 5.75 Å². The van der Waals surface area contributed by atoms with Gasteiger partial charge in [-0.1, -0.05) is 24.3 Å². The molecule has 0 saturated carbocycles. The number of rotatable bonds is 5. The SMILES string of the molecule is Cc1ccccc1OCC(=O)NCc1cc2ccccn2n1. The molecule has 1 amide bonds. The van der Waals surface area contributed by atoms with E-state index in [9.17, 15) is 4.79 Å². The molecule has 2 heterocycles. The molecule has 112 valence electrons. The number of hydrogen-bond acceptors (Lipinski definition) is 3. The largest absolute Gasteiger partial charge is 0.484 e. The van der Waals surface area contributed by atoms with Gasteiger partial charge in [0, 0.05) is 6.20 Å². The molecular formula is C17H17N3O2. The highest BCUT2D eigenvalue weighted by atomic mass is 16.5. The fraction of sp³-hybridized carbons (Fsp3) is 0.176. The average molecular weight is 295 g/mol. The van der Waals surface area contributed by atoms with Crippen molar-refractivity contribution < 1.29 is 9.53 Å². The first-order chi connectivity index (χ1) is 10.7. The fourth-order valence-electron chi connectivity index (χ4n) is 2.18. The highest BCUT2D eigenvalue weighted by molar-refractivity contribution is 5.77. The highest BCUT2D eigenvalue weighted by Crippen LogP contribution is 2.15. The number of para-hydroxylation sites is 1. The lowest BCUT2D eigenvalue weighted by Crippen LogP contribution is -2.28. The molecule has 0 saturated heterocycles. The van der Waals surface area contributed by atoms with Gasteiger partial charge in [0.2, 0.25) is 0 Å². The van der Waals surface area contributed by atoms with Crippen LogP contribution in [0, 0.1) is 6.92 Å². The van der Waals surface area contributed by atoms with Crippen LogP contribution in [0.2, 0.25) is 0 Å². The van der Waals surface area contributed by atoms with E-state index in [1.807, 2.05) is 61.7 Å². The maximum atomic E-state index is 11.8. The van der Waals surface area contributed by atoms with E-state index in [2.05, 4.69) is 10.4 Å². The Morgan fingerprint density at radius 1 is 1.23 bits per heavy atom. The summed E-state index contributed by atoms with van der Waals surface area (Å²) in [4.78, 5) is 11.8.